The third-order valence-corrected chi connectivity index (χ3v) is 17.9. The van der Waals surface area contributed by atoms with Crippen LogP contribution in [0.2, 0.25) is 15.1 Å². The number of halogens is 5. The predicted molar refractivity (Wildman–Crippen MR) is 400 cm³/mol. The van der Waals surface area contributed by atoms with Crippen molar-refractivity contribution < 1.29 is 67.6 Å². The van der Waals surface area contributed by atoms with Gasteiger partial charge in [0.15, 0.2) is 5.78 Å². The molecule has 0 fully saturated rings. The van der Waals surface area contributed by atoms with Crippen LogP contribution in [-0.4, -0.2) is 76.4 Å². The molecular weight excluding hydrogens is 1440 g/mol. The summed E-state index contributed by atoms with van der Waals surface area (Å²) in [5, 5.41) is 31.4. The van der Waals surface area contributed by atoms with Crippen LogP contribution in [-0.2, 0) is 22.5 Å². The fourth-order valence-corrected chi connectivity index (χ4v) is 12.6. The molecule has 0 aliphatic carbocycles. The second-order valence-electron chi connectivity index (χ2n) is 24.2. The predicted octanol–water partition coefficient (Wildman–Crippen LogP) is 18.4. The number of benzene rings is 9. The number of amides is 6. The Morgan fingerprint density at radius 1 is 0.441 bits per heavy atom. The zero-order chi connectivity index (χ0) is 74.8. The van der Waals surface area contributed by atoms with Crippen molar-refractivity contribution in [2.45, 2.75) is 92.3 Å². The van der Waals surface area contributed by atoms with E-state index in [0.29, 0.717) is 157 Å². The summed E-state index contributed by atoms with van der Waals surface area (Å²) in [6, 6.07) is 53.0. The van der Waals surface area contributed by atoms with Gasteiger partial charge in [0.1, 0.15) is 0 Å². The van der Waals surface area contributed by atoms with Crippen LogP contribution in [0.3, 0.4) is 0 Å². The summed E-state index contributed by atoms with van der Waals surface area (Å²) < 4.78 is 25.1. The number of rotatable bonds is 9. The van der Waals surface area contributed by atoms with E-state index in [2.05, 4.69) is 16.0 Å². The summed E-state index contributed by atoms with van der Waals surface area (Å²) in [4.78, 5) is 95.7. The van der Waals surface area contributed by atoms with Crippen molar-refractivity contribution in [2.75, 3.05) is 55.6 Å². The molecule has 0 saturated carbocycles. The van der Waals surface area contributed by atoms with Gasteiger partial charge in [-0.2, -0.15) is 0 Å². The first kappa shape index (κ1) is 77.1. The van der Waals surface area contributed by atoms with E-state index in [1.807, 2.05) is 96.1 Å². The van der Waals surface area contributed by atoms with Gasteiger partial charge in [0, 0.05) is 120 Å². The number of alkyl halides is 2. The third-order valence-electron chi connectivity index (χ3n) is 17.2. The number of hydrogen-bond donors (Lipinski definition) is 5. The SMILES string of the molecule is Cc1ccccc1C(=O)Nc1ccc(C(=O)N2CCCC(=O)c3cc(Cl)ccc32)c(C)c1.Cc1ccccc1C(=O)Nc1ccc(C(=O)N2CCCC(O)c3cc(Cl)ccc32)c(C)c1.ClCCl.[2H]C1(O)CCCN(C(=O)c2ccc(NC(=O)c3ccccc3C)cc2C)c2ccc(Cl)cc21.[O]=[Mn]=[O]. The van der Waals surface area contributed by atoms with Gasteiger partial charge in [-0.05, 0) is 234 Å². The topological polar surface area (TPSA) is 240 Å². The van der Waals surface area contributed by atoms with E-state index in [1.165, 1.54) is 0 Å². The van der Waals surface area contributed by atoms with Gasteiger partial charge >= 0.3 is 22.5 Å². The van der Waals surface area contributed by atoms with Crippen molar-refractivity contribution in [1.29, 1.82) is 0 Å². The Morgan fingerprint density at radius 2 is 0.775 bits per heavy atom. The van der Waals surface area contributed by atoms with E-state index < -0.39 is 27.0 Å². The number of nitrogens with zero attached hydrogens (tertiary/aromatic N) is 3. The molecule has 529 valence electrons. The van der Waals surface area contributed by atoms with E-state index in [0.717, 1.165) is 27.8 Å². The average molecular weight is 1520 g/mol. The number of carbonyl (C=O) groups excluding carboxylic acids is 7. The van der Waals surface area contributed by atoms with E-state index in [-0.39, 0.29) is 53.0 Å². The van der Waals surface area contributed by atoms with Crippen molar-refractivity contribution in [3.63, 3.8) is 0 Å². The first-order chi connectivity index (χ1) is 49.2. The molecular formula is C79H75Cl5MnN6O11. The second-order valence-corrected chi connectivity index (χ2v) is 26.5. The van der Waals surface area contributed by atoms with Crippen molar-refractivity contribution >= 4 is 133 Å². The Labute approximate surface area is 625 Å². The number of aryl methyl sites for hydroxylation is 6. The molecule has 17 nitrogen and oxygen atoms in total. The number of aliphatic hydroxyl groups is 2. The van der Waals surface area contributed by atoms with Gasteiger partial charge < -0.3 is 40.9 Å². The Balaban J connectivity index is 0.000000188. The maximum atomic E-state index is 13.5. The van der Waals surface area contributed by atoms with E-state index in [1.54, 1.807) is 142 Å². The van der Waals surface area contributed by atoms with E-state index in [4.69, 9.17) is 67.0 Å². The molecule has 102 heavy (non-hydrogen) atoms. The van der Waals surface area contributed by atoms with Crippen LogP contribution in [0.15, 0.2) is 182 Å². The first-order valence-corrected chi connectivity index (χ1v) is 35.6. The molecule has 0 radical (unpaired) electrons. The van der Waals surface area contributed by atoms with Crippen LogP contribution in [0, 0.1) is 41.5 Å². The Hall–Kier alpha value is -9.04. The van der Waals surface area contributed by atoms with Gasteiger partial charge in [0.05, 0.1) is 24.6 Å². The molecule has 3 aliphatic rings. The van der Waals surface area contributed by atoms with Crippen molar-refractivity contribution in [2.24, 2.45) is 0 Å². The number of ketones is 1. The number of nitrogens with one attached hydrogen (secondary N) is 3. The van der Waals surface area contributed by atoms with E-state index in [9.17, 15) is 43.8 Å². The Bertz CT molecular complexity index is 4730. The zero-order valence-corrected chi connectivity index (χ0v) is 61.6. The summed E-state index contributed by atoms with van der Waals surface area (Å²) in [5.41, 5.74) is 13.3. The van der Waals surface area contributed by atoms with Crippen molar-refractivity contribution in [3.8, 4) is 0 Å². The number of carbonyl (C=O) groups is 7. The number of fused-ring (bicyclic) bond motifs is 3. The van der Waals surface area contributed by atoms with E-state index >= 15 is 0 Å². The molecule has 9 aromatic carbocycles. The van der Waals surface area contributed by atoms with Gasteiger partial charge in [-0.1, -0.05) is 89.4 Å². The summed E-state index contributed by atoms with van der Waals surface area (Å²) in [5.74, 6) is -1.16. The number of anilines is 6. The molecule has 6 amide bonds. The quantitative estimate of drug-likeness (QED) is 0.0672. The molecule has 0 aromatic heterocycles. The number of hydrogen-bond acceptors (Lipinski definition) is 11. The molecule has 12 rings (SSSR count). The Kier molecular flexibility index (Phi) is 28.1. The molecule has 0 spiro atoms. The molecule has 5 N–H and O–H groups in total. The minimum atomic E-state index is -1.81. The molecule has 2 atom stereocenters. The maximum absolute atomic E-state index is 13.5. The van der Waals surface area contributed by atoms with Gasteiger partial charge in [-0.15, -0.1) is 23.2 Å². The summed E-state index contributed by atoms with van der Waals surface area (Å²) >= 11 is 26.4. The van der Waals surface area contributed by atoms with Crippen LogP contribution in [0.4, 0.5) is 34.1 Å². The normalized spacial score (nSPS) is 15.1. The molecule has 3 heterocycles. The van der Waals surface area contributed by atoms with Crippen molar-refractivity contribution in [3.05, 3.63) is 281 Å². The minimum absolute atomic E-state index is 0.0104. The standard InChI is InChI=1S/2C26H25ClN2O3.C26H23ClN2O3.CH2Cl2.Mn.2O/c3*1-16-6-3-4-7-20(16)25(31)28-19-10-11-21(17(2)14-19)26(32)29-13-5-8-24(30)22-15-18(27)9-12-23(22)29;2-1-3;;;/h2*3-4,6-7,9-12,14-15,24,30H,5,8,13H2,1-2H3,(H,28,31);3-4,6-7,9-12,14-15H,5,8,13H2,1-2H3,(H,28,31);1H2;;;/i24D;;;;;;. The van der Waals surface area contributed by atoms with Crippen LogP contribution in [0.25, 0.3) is 0 Å². The number of aliphatic hydroxyl groups excluding tert-OH is 1. The van der Waals surface area contributed by atoms with Crippen LogP contribution >= 0.6 is 58.0 Å². The molecule has 2 unspecified atom stereocenters. The van der Waals surface area contributed by atoms with Crippen LogP contribution in [0.5, 0.6) is 0 Å². The number of Topliss-reactive ketones (excluding diaryl/α,β-unsaturated/α-hetero) is 1. The molecule has 23 heteroatoms. The van der Waals surface area contributed by atoms with Gasteiger partial charge in [0.25, 0.3) is 35.4 Å². The van der Waals surface area contributed by atoms with Gasteiger partial charge in [-0.3, -0.25) is 33.6 Å². The zero-order valence-electron chi connectivity index (χ0n) is 57.6. The molecule has 9 aromatic rings. The molecule has 0 saturated heterocycles. The third kappa shape index (κ3) is 20.0. The molecule has 0 bridgehead atoms. The van der Waals surface area contributed by atoms with Gasteiger partial charge in [0.2, 0.25) is 0 Å². The monoisotopic (exact) mass is 1510 g/mol. The fourth-order valence-electron chi connectivity index (χ4n) is 12.1. The van der Waals surface area contributed by atoms with Crippen LogP contribution in [0.1, 0.15) is 169 Å². The second kappa shape index (κ2) is 37.2. The first-order valence-electron chi connectivity index (χ1n) is 32.9. The Morgan fingerprint density at radius 3 is 1.17 bits per heavy atom. The molecule has 3 aliphatic heterocycles. The summed E-state index contributed by atoms with van der Waals surface area (Å²) in [6.45, 7) is 12.5. The average Bonchev–Trinajstić information content (AvgIpc) is 1.76. The van der Waals surface area contributed by atoms with Crippen molar-refractivity contribution in [1.82, 2.24) is 0 Å². The summed E-state index contributed by atoms with van der Waals surface area (Å²) in [6.07, 6.45) is 0.424. The van der Waals surface area contributed by atoms with Gasteiger partial charge in [-0.25, -0.2) is 0 Å². The summed E-state index contributed by atoms with van der Waals surface area (Å²) in [7, 11) is 0. The van der Waals surface area contributed by atoms with Crippen LogP contribution < -0.4 is 30.7 Å². The fraction of sp³-hybridized carbons (Fsp3) is 0.228.